The molecule has 1 aromatic carbocycles. The molecule has 1 heterocycles. The van der Waals surface area contributed by atoms with Crippen molar-refractivity contribution in [3.63, 3.8) is 0 Å². The number of thioether (sulfide) groups is 1. The van der Waals surface area contributed by atoms with Gasteiger partial charge in [0.2, 0.25) is 0 Å². The van der Waals surface area contributed by atoms with Crippen LogP contribution < -0.4 is 5.73 Å². The van der Waals surface area contributed by atoms with Crippen molar-refractivity contribution in [3.05, 3.63) is 29.3 Å². The molecule has 1 saturated heterocycles. The van der Waals surface area contributed by atoms with Crippen molar-refractivity contribution in [2.24, 2.45) is 5.73 Å². The molecule has 6 heteroatoms. The van der Waals surface area contributed by atoms with Gasteiger partial charge in [0.25, 0.3) is 0 Å². The lowest BCUT2D eigenvalue weighted by Gasteiger charge is -2.22. The Balaban J connectivity index is 2.16. The van der Waals surface area contributed by atoms with Crippen molar-refractivity contribution in [1.82, 2.24) is 0 Å². The summed E-state index contributed by atoms with van der Waals surface area (Å²) < 4.78 is 43.2. The maximum absolute atomic E-state index is 12.6. The molecule has 19 heavy (non-hydrogen) atoms. The van der Waals surface area contributed by atoms with E-state index in [0.717, 1.165) is 43.1 Å². The smallest absolute Gasteiger partial charge is 0.381 e. The van der Waals surface area contributed by atoms with Gasteiger partial charge in [-0.15, -0.1) is 11.8 Å². The Morgan fingerprint density at radius 2 is 1.95 bits per heavy atom. The minimum absolute atomic E-state index is 0.121. The predicted octanol–water partition coefficient (Wildman–Crippen LogP) is 3.44. The Hall–Kier alpha value is -0.720. The zero-order valence-corrected chi connectivity index (χ0v) is 11.2. The average molecular weight is 291 g/mol. The van der Waals surface area contributed by atoms with E-state index < -0.39 is 11.7 Å². The van der Waals surface area contributed by atoms with Gasteiger partial charge < -0.3 is 10.5 Å². The van der Waals surface area contributed by atoms with Crippen molar-refractivity contribution in [2.75, 3.05) is 13.2 Å². The molecule has 0 atom stereocenters. The molecular formula is C13H16F3NOS. The average Bonchev–Trinajstić information content (AvgIpc) is 2.39. The van der Waals surface area contributed by atoms with Crippen LogP contribution in [0.3, 0.4) is 0 Å². The standard InChI is InChI=1S/C13H16F3NOS/c14-13(15,16)10-1-2-12(9(7-10)8-17)19-11-3-5-18-6-4-11/h1-2,7,11H,3-6,8,17H2. The largest absolute Gasteiger partial charge is 0.416 e. The summed E-state index contributed by atoms with van der Waals surface area (Å²) in [4.78, 5) is 0.849. The van der Waals surface area contributed by atoms with Gasteiger partial charge in [-0.25, -0.2) is 0 Å². The van der Waals surface area contributed by atoms with Crippen LogP contribution >= 0.6 is 11.8 Å². The second-order valence-corrected chi connectivity index (χ2v) is 5.80. The summed E-state index contributed by atoms with van der Waals surface area (Å²) >= 11 is 1.61. The monoisotopic (exact) mass is 291 g/mol. The molecule has 0 aromatic heterocycles. The second kappa shape index (κ2) is 6.15. The fraction of sp³-hybridized carbons (Fsp3) is 0.538. The molecule has 1 aliphatic rings. The number of ether oxygens (including phenoxy) is 1. The number of benzene rings is 1. The third kappa shape index (κ3) is 3.87. The molecule has 0 bridgehead atoms. The third-order valence-electron chi connectivity index (χ3n) is 3.07. The molecule has 1 aliphatic heterocycles. The van der Waals surface area contributed by atoms with E-state index in [0.29, 0.717) is 10.8 Å². The normalized spacial score (nSPS) is 17.7. The predicted molar refractivity (Wildman–Crippen MR) is 69.0 cm³/mol. The van der Waals surface area contributed by atoms with E-state index >= 15 is 0 Å². The lowest BCUT2D eigenvalue weighted by atomic mass is 10.1. The topological polar surface area (TPSA) is 35.2 Å². The molecule has 1 aromatic rings. The molecule has 0 radical (unpaired) electrons. The van der Waals surface area contributed by atoms with Gasteiger partial charge >= 0.3 is 6.18 Å². The number of alkyl halides is 3. The quantitative estimate of drug-likeness (QED) is 0.926. The van der Waals surface area contributed by atoms with E-state index in [1.807, 2.05) is 0 Å². The molecule has 0 aliphatic carbocycles. The van der Waals surface area contributed by atoms with Crippen LogP contribution in [0, 0.1) is 0 Å². The van der Waals surface area contributed by atoms with Crippen LogP contribution in [-0.4, -0.2) is 18.5 Å². The Labute approximate surface area is 114 Å². The van der Waals surface area contributed by atoms with Gasteiger partial charge in [-0.3, -0.25) is 0 Å². The van der Waals surface area contributed by atoms with Crippen molar-refractivity contribution < 1.29 is 17.9 Å². The fourth-order valence-corrected chi connectivity index (χ4v) is 3.23. The van der Waals surface area contributed by atoms with Gasteiger partial charge in [0, 0.05) is 29.9 Å². The maximum Gasteiger partial charge on any atom is 0.416 e. The molecule has 1 fully saturated rings. The zero-order valence-electron chi connectivity index (χ0n) is 10.4. The van der Waals surface area contributed by atoms with Crippen LogP contribution in [0.1, 0.15) is 24.0 Å². The van der Waals surface area contributed by atoms with Crippen molar-refractivity contribution in [1.29, 1.82) is 0 Å². The van der Waals surface area contributed by atoms with E-state index in [1.54, 1.807) is 11.8 Å². The van der Waals surface area contributed by atoms with Crippen LogP contribution in [0.5, 0.6) is 0 Å². The summed E-state index contributed by atoms with van der Waals surface area (Å²) in [6, 6.07) is 3.81. The Morgan fingerprint density at radius 1 is 1.26 bits per heavy atom. The van der Waals surface area contributed by atoms with Gasteiger partial charge in [-0.05, 0) is 36.6 Å². The van der Waals surface area contributed by atoms with E-state index in [4.69, 9.17) is 10.5 Å². The number of halogens is 3. The lowest BCUT2D eigenvalue weighted by molar-refractivity contribution is -0.137. The van der Waals surface area contributed by atoms with Crippen molar-refractivity contribution in [2.45, 2.75) is 35.7 Å². The lowest BCUT2D eigenvalue weighted by Crippen LogP contribution is -2.17. The number of nitrogens with two attached hydrogens (primary N) is 1. The van der Waals surface area contributed by atoms with E-state index in [1.165, 1.54) is 6.07 Å². The summed E-state index contributed by atoms with van der Waals surface area (Å²) in [5.74, 6) is 0. The Morgan fingerprint density at radius 3 is 2.53 bits per heavy atom. The minimum atomic E-state index is -4.31. The number of rotatable bonds is 3. The first-order chi connectivity index (χ1) is 9.00. The second-order valence-electron chi connectivity index (χ2n) is 4.45. The number of hydrogen-bond donors (Lipinski definition) is 1. The SMILES string of the molecule is NCc1cc(C(F)(F)F)ccc1SC1CCOCC1. The summed E-state index contributed by atoms with van der Waals surface area (Å²) in [6.45, 7) is 1.56. The van der Waals surface area contributed by atoms with Crippen molar-refractivity contribution in [3.8, 4) is 0 Å². The summed E-state index contributed by atoms with van der Waals surface area (Å²) in [5.41, 5.74) is 5.49. The highest BCUT2D eigenvalue weighted by Gasteiger charge is 2.31. The highest BCUT2D eigenvalue weighted by molar-refractivity contribution is 8.00. The van der Waals surface area contributed by atoms with Gasteiger partial charge in [-0.2, -0.15) is 13.2 Å². The van der Waals surface area contributed by atoms with Crippen LogP contribution in [0.4, 0.5) is 13.2 Å². The first-order valence-electron chi connectivity index (χ1n) is 6.15. The molecule has 2 nitrogen and oxygen atoms in total. The maximum atomic E-state index is 12.6. The van der Waals surface area contributed by atoms with Gasteiger partial charge in [0.15, 0.2) is 0 Å². The summed E-state index contributed by atoms with van der Waals surface area (Å²) in [7, 11) is 0. The van der Waals surface area contributed by atoms with Gasteiger partial charge in [0.1, 0.15) is 0 Å². The Bertz CT molecular complexity index is 430. The van der Waals surface area contributed by atoms with Crippen LogP contribution in [-0.2, 0) is 17.5 Å². The van der Waals surface area contributed by atoms with Crippen LogP contribution in [0.15, 0.2) is 23.1 Å². The zero-order chi connectivity index (χ0) is 13.9. The summed E-state index contributed by atoms with van der Waals surface area (Å²) in [6.07, 6.45) is -2.46. The molecule has 0 saturated carbocycles. The van der Waals surface area contributed by atoms with Crippen LogP contribution in [0.25, 0.3) is 0 Å². The highest BCUT2D eigenvalue weighted by atomic mass is 32.2. The molecule has 2 N–H and O–H groups in total. The molecule has 106 valence electrons. The van der Waals surface area contributed by atoms with E-state index in [2.05, 4.69) is 0 Å². The molecule has 2 rings (SSSR count). The van der Waals surface area contributed by atoms with Crippen molar-refractivity contribution >= 4 is 11.8 Å². The first kappa shape index (κ1) is 14.7. The Kier molecular flexibility index (Phi) is 4.76. The van der Waals surface area contributed by atoms with Gasteiger partial charge in [-0.1, -0.05) is 0 Å². The van der Waals surface area contributed by atoms with E-state index in [9.17, 15) is 13.2 Å². The number of hydrogen-bond acceptors (Lipinski definition) is 3. The minimum Gasteiger partial charge on any atom is -0.381 e. The molecule has 0 spiro atoms. The van der Waals surface area contributed by atoms with Gasteiger partial charge in [0.05, 0.1) is 5.56 Å². The van der Waals surface area contributed by atoms with E-state index in [-0.39, 0.29) is 6.54 Å². The third-order valence-corrected chi connectivity index (χ3v) is 4.53. The molecular weight excluding hydrogens is 275 g/mol. The fourth-order valence-electron chi connectivity index (χ4n) is 2.00. The molecule has 0 amide bonds. The highest BCUT2D eigenvalue weighted by Crippen LogP contribution is 2.36. The van der Waals surface area contributed by atoms with Crippen LogP contribution in [0.2, 0.25) is 0 Å². The molecule has 0 unspecified atom stereocenters. The first-order valence-corrected chi connectivity index (χ1v) is 7.03. The summed E-state index contributed by atoms with van der Waals surface area (Å²) in [5, 5.41) is 0.399.